The number of para-hydroxylation sites is 2. The summed E-state index contributed by atoms with van der Waals surface area (Å²) in [5.41, 5.74) is 1.86. The van der Waals surface area contributed by atoms with Crippen molar-refractivity contribution >= 4 is 38.5 Å². The molecule has 0 saturated carbocycles. The Morgan fingerprint density at radius 2 is 2.00 bits per heavy atom. The van der Waals surface area contributed by atoms with E-state index >= 15 is 0 Å². The summed E-state index contributed by atoms with van der Waals surface area (Å²) < 4.78 is 29.5. The topological polar surface area (TPSA) is 113 Å². The van der Waals surface area contributed by atoms with Crippen molar-refractivity contribution in [3.63, 3.8) is 0 Å². The summed E-state index contributed by atoms with van der Waals surface area (Å²) in [6.45, 7) is 1.09. The molecule has 2 saturated heterocycles. The molecule has 0 spiro atoms. The molecule has 0 N–H and O–H groups in total. The van der Waals surface area contributed by atoms with Crippen LogP contribution >= 0.6 is 0 Å². The molecule has 1 aromatic heterocycles. The molecule has 0 radical (unpaired) electrons. The van der Waals surface area contributed by atoms with Crippen LogP contribution in [0.3, 0.4) is 0 Å². The Kier molecular flexibility index (Phi) is 5.04. The molecule has 164 valence electrons. The summed E-state index contributed by atoms with van der Waals surface area (Å²) in [7, 11) is -3.15. The van der Waals surface area contributed by atoms with Crippen LogP contribution in [0.15, 0.2) is 33.8 Å². The van der Waals surface area contributed by atoms with Gasteiger partial charge in [0.15, 0.2) is 21.3 Å². The van der Waals surface area contributed by atoms with Gasteiger partial charge in [0.1, 0.15) is 11.2 Å². The van der Waals surface area contributed by atoms with Crippen LogP contribution in [-0.4, -0.2) is 71.5 Å². The zero-order valence-electron chi connectivity index (χ0n) is 17.1. The number of fused-ring (bicyclic) bond motifs is 1. The molecule has 1 aromatic carbocycles. The highest BCUT2D eigenvalue weighted by molar-refractivity contribution is 7.91. The minimum Gasteiger partial charge on any atom is -0.440 e. The maximum atomic E-state index is 13.2. The first-order chi connectivity index (χ1) is 14.9. The fraction of sp³-hybridized carbons (Fsp3) is 0.524. The predicted octanol–water partition coefficient (Wildman–Crippen LogP) is 1.70. The number of nitrogens with zero attached hydrogens (tertiary/aromatic N) is 4. The molecule has 2 atom stereocenters. The quantitative estimate of drug-likeness (QED) is 0.712. The maximum Gasteiger partial charge on any atom is 0.270 e. The number of sulfone groups is 1. The average Bonchev–Trinajstić information content (AvgIpc) is 3.36. The molecule has 0 aliphatic carbocycles. The van der Waals surface area contributed by atoms with Crippen molar-refractivity contribution in [1.29, 1.82) is 0 Å². The van der Waals surface area contributed by atoms with E-state index in [1.165, 1.54) is 5.01 Å². The van der Waals surface area contributed by atoms with Crippen LogP contribution in [0, 0.1) is 0 Å². The highest BCUT2D eigenvalue weighted by Gasteiger charge is 2.38. The van der Waals surface area contributed by atoms with Gasteiger partial charge in [-0.1, -0.05) is 12.1 Å². The lowest BCUT2D eigenvalue weighted by Gasteiger charge is -2.33. The van der Waals surface area contributed by atoms with Crippen molar-refractivity contribution in [2.75, 3.05) is 24.6 Å². The summed E-state index contributed by atoms with van der Waals surface area (Å²) in [4.78, 5) is 31.9. The van der Waals surface area contributed by atoms with E-state index in [1.807, 2.05) is 24.3 Å². The second-order valence-corrected chi connectivity index (χ2v) is 10.7. The third-order valence-corrected chi connectivity index (χ3v) is 7.98. The number of amides is 2. The van der Waals surface area contributed by atoms with Crippen LogP contribution < -0.4 is 0 Å². The molecule has 4 heterocycles. The first kappa shape index (κ1) is 20.2. The highest BCUT2D eigenvalue weighted by Crippen LogP contribution is 2.30. The number of carbonyl (C=O) groups is 2. The third kappa shape index (κ3) is 3.96. The number of benzene rings is 1. The van der Waals surface area contributed by atoms with Gasteiger partial charge in [-0.15, -0.1) is 0 Å². The van der Waals surface area contributed by atoms with Crippen molar-refractivity contribution in [3.8, 4) is 0 Å². The lowest BCUT2D eigenvalue weighted by Crippen LogP contribution is -2.47. The molecule has 31 heavy (non-hydrogen) atoms. The highest BCUT2D eigenvalue weighted by atomic mass is 32.2. The number of likely N-dealkylation sites (tertiary alicyclic amines) is 1. The van der Waals surface area contributed by atoms with Gasteiger partial charge in [0.2, 0.25) is 5.91 Å². The van der Waals surface area contributed by atoms with E-state index in [0.29, 0.717) is 31.1 Å². The second-order valence-electron chi connectivity index (χ2n) is 8.45. The number of aromatic nitrogens is 1. The van der Waals surface area contributed by atoms with Crippen LogP contribution in [0.4, 0.5) is 0 Å². The SMILES string of the molecule is O=C(C1=NN(C2CCS(=O)(=O)C2)C(=O)CC1)N1CCCC(c2nc3ccccc3o2)C1. The molecule has 2 unspecified atom stereocenters. The van der Waals surface area contributed by atoms with Crippen molar-refractivity contribution in [2.45, 2.75) is 44.1 Å². The monoisotopic (exact) mass is 444 g/mol. The van der Waals surface area contributed by atoms with Crippen LogP contribution in [0.5, 0.6) is 0 Å². The van der Waals surface area contributed by atoms with Gasteiger partial charge in [-0.05, 0) is 31.4 Å². The van der Waals surface area contributed by atoms with Gasteiger partial charge in [0.05, 0.1) is 23.5 Å². The molecule has 2 aromatic rings. The fourth-order valence-electron chi connectivity index (χ4n) is 4.59. The van der Waals surface area contributed by atoms with Gasteiger partial charge in [0.25, 0.3) is 5.91 Å². The zero-order chi connectivity index (χ0) is 21.6. The van der Waals surface area contributed by atoms with Crippen molar-refractivity contribution in [1.82, 2.24) is 14.9 Å². The minimum atomic E-state index is -3.15. The van der Waals surface area contributed by atoms with Crippen LogP contribution in [0.2, 0.25) is 0 Å². The average molecular weight is 445 g/mol. The largest absolute Gasteiger partial charge is 0.440 e. The van der Waals surface area contributed by atoms with Gasteiger partial charge >= 0.3 is 0 Å². The summed E-state index contributed by atoms with van der Waals surface area (Å²) in [5, 5.41) is 5.56. The maximum absolute atomic E-state index is 13.2. The number of hydrazone groups is 1. The lowest BCUT2D eigenvalue weighted by molar-refractivity contribution is -0.134. The van der Waals surface area contributed by atoms with E-state index < -0.39 is 15.9 Å². The first-order valence-electron chi connectivity index (χ1n) is 10.6. The number of carbonyl (C=O) groups excluding carboxylic acids is 2. The fourth-order valence-corrected chi connectivity index (χ4v) is 6.28. The predicted molar refractivity (Wildman–Crippen MR) is 113 cm³/mol. The molecule has 0 bridgehead atoms. The van der Waals surface area contributed by atoms with Gasteiger partial charge < -0.3 is 9.32 Å². The Balaban J connectivity index is 1.33. The lowest BCUT2D eigenvalue weighted by atomic mass is 9.97. The Bertz CT molecular complexity index is 1140. The van der Waals surface area contributed by atoms with E-state index in [2.05, 4.69) is 10.1 Å². The third-order valence-electron chi connectivity index (χ3n) is 6.23. The van der Waals surface area contributed by atoms with Crippen LogP contribution in [0.1, 0.15) is 43.9 Å². The number of piperidine rings is 1. The molecular formula is C21H24N4O5S. The molecule has 2 fully saturated rings. The summed E-state index contributed by atoms with van der Waals surface area (Å²) >= 11 is 0. The van der Waals surface area contributed by atoms with Crippen molar-refractivity contribution in [2.24, 2.45) is 5.10 Å². The van der Waals surface area contributed by atoms with E-state index in [4.69, 9.17) is 4.42 Å². The van der Waals surface area contributed by atoms with Crippen LogP contribution in [0.25, 0.3) is 11.1 Å². The van der Waals surface area contributed by atoms with Gasteiger partial charge in [0, 0.05) is 25.9 Å². The number of oxazole rings is 1. The zero-order valence-corrected chi connectivity index (χ0v) is 17.9. The summed E-state index contributed by atoms with van der Waals surface area (Å²) in [6.07, 6.45) is 2.52. The second kappa shape index (κ2) is 7.74. The smallest absolute Gasteiger partial charge is 0.270 e. The molecule has 9 nitrogen and oxygen atoms in total. The molecule has 2 amide bonds. The molecule has 3 aliphatic rings. The van der Waals surface area contributed by atoms with Gasteiger partial charge in [-0.2, -0.15) is 5.10 Å². The minimum absolute atomic E-state index is 0.00648. The summed E-state index contributed by atoms with van der Waals surface area (Å²) in [6, 6.07) is 7.12. The first-order valence-corrected chi connectivity index (χ1v) is 12.5. The number of hydrogen-bond acceptors (Lipinski definition) is 7. The molecule has 10 heteroatoms. The standard InChI is InChI=1S/C21H24N4O5S/c26-19-8-7-17(23-25(19)15-9-11-31(28,29)13-15)21(27)24-10-3-4-14(12-24)20-22-16-5-1-2-6-18(16)30-20/h1-2,5-6,14-15H,3-4,7-13H2. The van der Waals surface area contributed by atoms with Crippen molar-refractivity contribution < 1.29 is 22.4 Å². The van der Waals surface area contributed by atoms with E-state index in [1.54, 1.807) is 4.90 Å². The van der Waals surface area contributed by atoms with E-state index in [-0.39, 0.29) is 42.1 Å². The van der Waals surface area contributed by atoms with Gasteiger partial charge in [-0.3, -0.25) is 9.59 Å². The van der Waals surface area contributed by atoms with Gasteiger partial charge in [-0.25, -0.2) is 18.4 Å². The Morgan fingerprint density at radius 1 is 1.16 bits per heavy atom. The molecule has 3 aliphatic heterocycles. The number of hydrogen-bond donors (Lipinski definition) is 0. The summed E-state index contributed by atoms with van der Waals surface area (Å²) in [5.74, 6) is 0.191. The molecular weight excluding hydrogens is 420 g/mol. The Labute approximate surface area is 180 Å². The van der Waals surface area contributed by atoms with Crippen LogP contribution in [-0.2, 0) is 19.4 Å². The number of rotatable bonds is 3. The Hall–Kier alpha value is -2.75. The van der Waals surface area contributed by atoms with E-state index in [0.717, 1.165) is 23.9 Å². The van der Waals surface area contributed by atoms with Crippen molar-refractivity contribution in [3.05, 3.63) is 30.2 Å². The Morgan fingerprint density at radius 3 is 2.77 bits per heavy atom. The van der Waals surface area contributed by atoms with E-state index in [9.17, 15) is 18.0 Å². The molecule has 5 rings (SSSR count). The normalized spacial score (nSPS) is 26.3.